The minimum atomic E-state index is -0.951. The first-order valence-corrected chi connectivity index (χ1v) is 48.8. The summed E-state index contributed by atoms with van der Waals surface area (Å²) in [5, 5.41) is 41.0. The van der Waals surface area contributed by atoms with Crippen molar-refractivity contribution in [2.24, 2.45) is 5.73 Å². The van der Waals surface area contributed by atoms with Crippen molar-refractivity contribution in [1.82, 2.24) is 79.8 Å². The lowest BCUT2D eigenvalue weighted by Crippen LogP contribution is -2.54. The second-order valence-electron chi connectivity index (χ2n) is 35.6. The second-order valence-corrected chi connectivity index (χ2v) is 35.6. The maximum Gasteiger partial charge on any atom is 0.408 e. The van der Waals surface area contributed by atoms with E-state index >= 15 is 0 Å². The summed E-state index contributed by atoms with van der Waals surface area (Å²) in [6, 6.07) is 36.6. The highest BCUT2D eigenvalue weighted by Gasteiger charge is 2.33. The number of carbonyl (C=O) groups is 15. The molecule has 39 heteroatoms. The number of hydrogen-bond donors (Lipinski definition) is 16. The molecule has 0 aromatic heterocycles. The van der Waals surface area contributed by atoms with Crippen LogP contribution in [0.25, 0.3) is 0 Å². The summed E-state index contributed by atoms with van der Waals surface area (Å²) in [5.74, 6) is -3.73. The maximum absolute atomic E-state index is 13.2. The quantitative estimate of drug-likeness (QED) is 0.00985. The number of halogens is 1. The second kappa shape index (κ2) is 70.2. The monoisotopic (exact) mass is 2000 g/mol. The summed E-state index contributed by atoms with van der Waals surface area (Å²) in [4.78, 5) is 188. The fraction of sp³-hybridized carbons (Fsp3) is 0.476. The van der Waals surface area contributed by atoms with Crippen molar-refractivity contribution >= 4 is 89.7 Å². The van der Waals surface area contributed by atoms with Crippen LogP contribution in [0.3, 0.4) is 0 Å². The number of nitrogens with two attached hydrogens (primary N) is 1. The molecule has 0 saturated carbocycles. The highest BCUT2D eigenvalue weighted by Crippen LogP contribution is 2.17. The van der Waals surface area contributed by atoms with Crippen molar-refractivity contribution in [3.8, 4) is 0 Å². The van der Waals surface area contributed by atoms with Gasteiger partial charge in [0.05, 0.1) is 6.61 Å². The van der Waals surface area contributed by atoms with Gasteiger partial charge in [0, 0.05) is 71.5 Å². The van der Waals surface area contributed by atoms with E-state index in [2.05, 4.69) is 92.9 Å². The Morgan fingerprint density at radius 2 is 0.806 bits per heavy atom. The highest BCUT2D eigenvalue weighted by molar-refractivity contribution is 5.95. The summed E-state index contributed by atoms with van der Waals surface area (Å²) < 4.78 is 49.1. The van der Waals surface area contributed by atoms with E-state index in [9.17, 15) is 76.3 Å². The Morgan fingerprint density at radius 1 is 0.417 bits per heavy atom. The van der Waals surface area contributed by atoms with E-state index in [4.69, 9.17) is 38.9 Å². The van der Waals surface area contributed by atoms with Gasteiger partial charge in [-0.3, -0.25) is 43.2 Å². The number of cyclic esters (lactones) is 3. The first-order valence-electron chi connectivity index (χ1n) is 48.8. The first kappa shape index (κ1) is 120. The molecule has 144 heavy (non-hydrogen) atoms. The fourth-order valence-corrected chi connectivity index (χ4v) is 13.9. The third-order valence-electron chi connectivity index (χ3n) is 21.1. The lowest BCUT2D eigenvalue weighted by molar-refractivity contribution is -0.130. The summed E-state index contributed by atoms with van der Waals surface area (Å²) in [6.07, 6.45) is 19.1. The molecule has 15 amide bonds. The van der Waals surface area contributed by atoms with Gasteiger partial charge in [0.2, 0.25) is 53.2 Å². The number of alkyl carbamates (subject to hydrolysis) is 6. The predicted molar refractivity (Wildman–Crippen MR) is 542 cm³/mol. The lowest BCUT2D eigenvalue weighted by Gasteiger charge is -2.23. The number of rotatable bonds is 40. The van der Waals surface area contributed by atoms with Crippen LogP contribution < -0.4 is 85.5 Å². The molecule has 0 fully saturated rings. The van der Waals surface area contributed by atoms with Crippen LogP contribution in [0.1, 0.15) is 172 Å². The Kier molecular flexibility index (Phi) is 58.5. The standard InChI is InChI=1S/C30H37FN4O6.C28H42N4O6.C26H38N4O6.C21H30N4O4/c31-24-14-12-23(13-15-24)20-40-21-27(36)32-16-7-5-11-25-29(38)34-26(19-22-9-3-1-4-10-22)28(37)33-17-6-2-8-18-41-30(39)35-25;1-6-8-17-29-24(33)23(20-21-14-10-9-11-15-21)31-25(34)22(32-27(36)37-19-7-2)16-12-13-18-30-26(35)38-28(3,4)5;1-26(2,3)36-24(33)28-16-10-8-14-20-23(32)29-21(18-19-12-6-4-7-13-19)22(31)27-15-9-5-11-17-35-25(34)30-20;22-12-6-5-11-17-20(27)24-18(15-16-9-3-1-4-10-16)19(26)23-13-7-2-8-14-29-21(28)25-17/h1-4,8-10,12-15,25-26H,5-7,11,16-21H2,(H,32,36)(H,33,37)(H,34,38)(H,35,39);6-7,9-11,14-15,22-23H,1-2,8,12-13,16-20H2,3-5H3,(H,29,33)(H,30,35)(H,31,34)(H,32,36);4-7,11-13,20-21H,8-10,14-18H2,1-3H3,(H,27,31)(H,28,33)(H,29,32)(H,30,34);1-4,8-10,17-18H,5-7,11-15,22H2,(H,23,26)(H,24,27)(H,25,28)/b8-2+;;11-5+;8-2+/t25-,26+;22-,23+;20-,21+;17-,18+/m0000/s1. The smallest absolute Gasteiger partial charge is 0.408 e. The molecule has 0 bridgehead atoms. The van der Waals surface area contributed by atoms with Crippen LogP contribution in [0.4, 0.5) is 33.2 Å². The van der Waals surface area contributed by atoms with Crippen molar-refractivity contribution in [2.45, 2.75) is 236 Å². The van der Waals surface area contributed by atoms with Crippen LogP contribution in [-0.4, -0.2) is 235 Å². The molecule has 38 nitrogen and oxygen atoms in total. The predicted octanol–water partition coefficient (Wildman–Crippen LogP) is 9.50. The Labute approximate surface area is 843 Å². The highest BCUT2D eigenvalue weighted by atomic mass is 19.1. The van der Waals surface area contributed by atoms with Gasteiger partial charge in [0.1, 0.15) is 98.4 Å². The largest absolute Gasteiger partial charge is 0.445 e. The van der Waals surface area contributed by atoms with Gasteiger partial charge in [0.15, 0.2) is 0 Å². The van der Waals surface area contributed by atoms with Crippen LogP contribution in [0, 0.1) is 5.82 Å². The van der Waals surface area contributed by atoms with Crippen molar-refractivity contribution in [3.63, 3.8) is 0 Å². The summed E-state index contributed by atoms with van der Waals surface area (Å²) >= 11 is 0. The SMILES string of the molecule is C=CCCNC(=O)[C@@H](Cc1ccccc1)NC(=O)[C@H](CCCCNC(=O)OC(C)(C)C)NC(=O)OCC=C.CC(C)(C)OC(=O)NCCCC[C@@H]1NC(=O)OC/C=C/CCNC(=O)[C@@H](Cc2ccccc2)NC1=O.NCCCC[C@@H]1NC(=O)OC/C=C/CCNC(=O)[C@@H](Cc2ccccc2)NC1=O.O=C(COCc1ccc(F)cc1)NCCCC[C@@H]1NC(=O)OC/C=C/CCNC(=O)[C@@H](Cc2ccccc2)NC1=O. The molecule has 3 aliphatic heterocycles. The molecule has 786 valence electrons. The van der Waals surface area contributed by atoms with Gasteiger partial charge in [-0.15, -0.1) is 6.58 Å². The zero-order chi connectivity index (χ0) is 105. The molecule has 5 aromatic rings. The van der Waals surface area contributed by atoms with Gasteiger partial charge in [-0.2, -0.15) is 0 Å². The van der Waals surface area contributed by atoms with E-state index in [0.717, 1.165) is 34.2 Å². The zero-order valence-electron chi connectivity index (χ0n) is 83.5. The Balaban J connectivity index is 0.000000340. The topological polar surface area (TPSA) is 527 Å². The van der Waals surface area contributed by atoms with Gasteiger partial charge in [-0.05, 0) is 191 Å². The summed E-state index contributed by atoms with van der Waals surface area (Å²) in [6.45, 7) is 21.2. The molecule has 5 aromatic carbocycles. The van der Waals surface area contributed by atoms with Crippen LogP contribution in [0.5, 0.6) is 0 Å². The molecule has 0 saturated heterocycles. The molecule has 8 rings (SSSR count). The molecule has 0 unspecified atom stereocenters. The first-order chi connectivity index (χ1) is 69.2. The third-order valence-corrected chi connectivity index (χ3v) is 21.1. The molecule has 0 spiro atoms. The number of unbranched alkanes of at least 4 members (excludes halogenated alkanes) is 4. The molecule has 8 atom stereocenters. The summed E-state index contributed by atoms with van der Waals surface area (Å²) in [5.41, 5.74) is 8.69. The van der Waals surface area contributed by atoms with E-state index in [-0.39, 0.29) is 94.3 Å². The Morgan fingerprint density at radius 3 is 1.19 bits per heavy atom. The minimum absolute atomic E-state index is 0.0116. The molecule has 3 heterocycles. The van der Waals surface area contributed by atoms with E-state index in [0.29, 0.717) is 155 Å². The van der Waals surface area contributed by atoms with Crippen molar-refractivity contribution in [2.75, 3.05) is 85.4 Å². The number of nitrogens with one attached hydrogen (secondary N) is 15. The molecular weight excluding hydrogens is 1860 g/mol. The third kappa shape index (κ3) is 55.6. The Bertz CT molecular complexity index is 4850. The maximum atomic E-state index is 13.2. The van der Waals surface area contributed by atoms with Gasteiger partial charge < -0.3 is 119 Å². The molecule has 0 radical (unpaired) electrons. The molecular formula is C105H147FN16O22. The minimum Gasteiger partial charge on any atom is -0.445 e. The van der Waals surface area contributed by atoms with Gasteiger partial charge in [-0.1, -0.05) is 189 Å². The van der Waals surface area contributed by atoms with Crippen LogP contribution in [0.15, 0.2) is 207 Å². The van der Waals surface area contributed by atoms with Crippen LogP contribution in [0.2, 0.25) is 0 Å². The number of carbonyl (C=O) groups excluding carboxylic acids is 15. The number of ether oxygens (including phenoxy) is 7. The van der Waals surface area contributed by atoms with E-state index in [1.54, 1.807) is 78.0 Å². The fourth-order valence-electron chi connectivity index (χ4n) is 13.9. The molecule has 0 aliphatic carbocycles. The van der Waals surface area contributed by atoms with E-state index < -0.39 is 120 Å². The number of benzene rings is 5. The average molecular weight is 2000 g/mol. The van der Waals surface area contributed by atoms with E-state index in [1.165, 1.54) is 18.2 Å². The Hall–Kier alpha value is -14.5. The molecule has 17 N–H and O–H groups in total. The van der Waals surface area contributed by atoms with Crippen molar-refractivity contribution in [3.05, 3.63) is 241 Å². The average Bonchev–Trinajstić information content (AvgIpc) is 0.874. The van der Waals surface area contributed by atoms with Gasteiger partial charge in [0.25, 0.3) is 0 Å². The number of hydrogen-bond acceptors (Lipinski definition) is 23. The number of amides is 15. The normalized spacial score (nSPS) is 18.3. The zero-order valence-corrected chi connectivity index (χ0v) is 83.5. The lowest BCUT2D eigenvalue weighted by atomic mass is 10.0. The molecule has 3 aliphatic rings. The van der Waals surface area contributed by atoms with Crippen LogP contribution in [-0.2, 0) is 109 Å². The van der Waals surface area contributed by atoms with E-state index in [1.807, 2.05) is 140 Å². The van der Waals surface area contributed by atoms with Crippen molar-refractivity contribution in [1.29, 1.82) is 0 Å². The van der Waals surface area contributed by atoms with Gasteiger partial charge in [-0.25, -0.2) is 33.2 Å². The summed E-state index contributed by atoms with van der Waals surface area (Å²) in [7, 11) is 0. The van der Waals surface area contributed by atoms with Crippen molar-refractivity contribution < 1.29 is 109 Å². The van der Waals surface area contributed by atoms with Gasteiger partial charge >= 0.3 is 36.6 Å². The van der Waals surface area contributed by atoms with Crippen LogP contribution >= 0.6 is 0 Å².